The van der Waals surface area contributed by atoms with E-state index in [9.17, 15) is 5.11 Å². The van der Waals surface area contributed by atoms with E-state index in [0.29, 0.717) is 11.7 Å². The van der Waals surface area contributed by atoms with Gasteiger partial charge >= 0.3 is 0 Å². The lowest BCUT2D eigenvalue weighted by molar-refractivity contribution is 0.452. The summed E-state index contributed by atoms with van der Waals surface area (Å²) in [5.74, 6) is 1.20. The van der Waals surface area contributed by atoms with Crippen molar-refractivity contribution in [1.82, 2.24) is 0 Å². The second kappa shape index (κ2) is 5.57. The van der Waals surface area contributed by atoms with E-state index in [0.717, 1.165) is 12.0 Å². The lowest BCUT2D eigenvalue weighted by atomic mass is 9.91. The van der Waals surface area contributed by atoms with Gasteiger partial charge < -0.3 is 5.11 Å². The van der Waals surface area contributed by atoms with Gasteiger partial charge in [0.2, 0.25) is 0 Å². The number of aryl methyl sites for hydroxylation is 2. The zero-order valence-electron chi connectivity index (χ0n) is 11.1. The Morgan fingerprint density at radius 1 is 1.24 bits per heavy atom. The lowest BCUT2D eigenvalue weighted by Crippen LogP contribution is -1.98. The normalized spacial score (nSPS) is 16.6. The van der Waals surface area contributed by atoms with Crippen LogP contribution in [-0.2, 0) is 6.42 Å². The zero-order valence-corrected chi connectivity index (χ0v) is 11.1. The monoisotopic (exact) mass is 232 g/mol. The van der Waals surface area contributed by atoms with E-state index in [2.05, 4.69) is 26.0 Å². The van der Waals surface area contributed by atoms with Crippen molar-refractivity contribution in [2.24, 2.45) is 0 Å². The van der Waals surface area contributed by atoms with Crippen LogP contribution in [0.25, 0.3) is 0 Å². The quantitative estimate of drug-likeness (QED) is 0.797. The highest BCUT2D eigenvalue weighted by atomic mass is 16.3. The molecule has 94 valence electrons. The summed E-state index contributed by atoms with van der Waals surface area (Å²) >= 11 is 0. The summed E-state index contributed by atoms with van der Waals surface area (Å²) in [6, 6.07) is 4.35. The highest BCUT2D eigenvalue weighted by Crippen LogP contribution is 2.40. The minimum Gasteiger partial charge on any atom is -0.507 e. The standard InChI is InChI=1S/C16H24O/c1-3-4-7-14-10-12(2)11-15(16(14)17)13-8-5-6-9-13/h10-11,13,17H,3-9H2,1-2H3. The Bertz CT molecular complexity index is 375. The highest BCUT2D eigenvalue weighted by Gasteiger charge is 2.21. The second-order valence-electron chi connectivity index (χ2n) is 5.45. The van der Waals surface area contributed by atoms with Gasteiger partial charge in [-0.2, -0.15) is 0 Å². The number of hydrogen-bond donors (Lipinski definition) is 1. The molecule has 1 N–H and O–H groups in total. The van der Waals surface area contributed by atoms with Crippen molar-refractivity contribution in [2.75, 3.05) is 0 Å². The van der Waals surface area contributed by atoms with Gasteiger partial charge in [-0.05, 0) is 49.7 Å². The first-order chi connectivity index (χ1) is 8.22. The number of phenols is 1. The summed E-state index contributed by atoms with van der Waals surface area (Å²) in [5.41, 5.74) is 3.68. The lowest BCUT2D eigenvalue weighted by Gasteiger charge is -2.16. The molecule has 0 amide bonds. The van der Waals surface area contributed by atoms with Gasteiger partial charge in [0.05, 0.1) is 0 Å². The van der Waals surface area contributed by atoms with Gasteiger partial charge in [0.15, 0.2) is 0 Å². The van der Waals surface area contributed by atoms with E-state index in [1.165, 1.54) is 49.7 Å². The first-order valence-corrected chi connectivity index (χ1v) is 7.04. The van der Waals surface area contributed by atoms with Crippen molar-refractivity contribution in [2.45, 2.75) is 64.7 Å². The molecule has 0 atom stereocenters. The second-order valence-corrected chi connectivity index (χ2v) is 5.45. The molecular formula is C16H24O. The summed E-state index contributed by atoms with van der Waals surface area (Å²) in [6.45, 7) is 4.35. The molecule has 1 aromatic carbocycles. The van der Waals surface area contributed by atoms with Gasteiger partial charge in [0.1, 0.15) is 5.75 Å². The smallest absolute Gasteiger partial charge is 0.122 e. The zero-order chi connectivity index (χ0) is 12.3. The Labute approximate surface area is 105 Å². The Balaban J connectivity index is 2.27. The molecule has 2 rings (SSSR count). The van der Waals surface area contributed by atoms with E-state index >= 15 is 0 Å². The van der Waals surface area contributed by atoms with Crippen LogP contribution < -0.4 is 0 Å². The van der Waals surface area contributed by atoms with E-state index in [4.69, 9.17) is 0 Å². The van der Waals surface area contributed by atoms with Crippen molar-refractivity contribution in [3.8, 4) is 5.75 Å². The average Bonchev–Trinajstić information content (AvgIpc) is 2.83. The molecule has 0 bridgehead atoms. The maximum absolute atomic E-state index is 10.4. The van der Waals surface area contributed by atoms with Crippen LogP contribution in [0.2, 0.25) is 0 Å². The Kier molecular flexibility index (Phi) is 4.09. The van der Waals surface area contributed by atoms with E-state index in [1.54, 1.807) is 0 Å². The van der Waals surface area contributed by atoms with Crippen LogP contribution in [0.4, 0.5) is 0 Å². The van der Waals surface area contributed by atoms with Gasteiger partial charge in [0.25, 0.3) is 0 Å². The van der Waals surface area contributed by atoms with Gasteiger partial charge in [-0.1, -0.05) is 43.9 Å². The van der Waals surface area contributed by atoms with Crippen molar-refractivity contribution in [3.05, 3.63) is 28.8 Å². The van der Waals surface area contributed by atoms with Crippen molar-refractivity contribution >= 4 is 0 Å². The minimum absolute atomic E-state index is 0.593. The molecule has 1 aliphatic rings. The topological polar surface area (TPSA) is 20.2 Å². The molecule has 0 radical (unpaired) electrons. The van der Waals surface area contributed by atoms with Gasteiger partial charge in [-0.25, -0.2) is 0 Å². The molecule has 0 aromatic heterocycles. The number of hydrogen-bond acceptors (Lipinski definition) is 1. The van der Waals surface area contributed by atoms with Crippen molar-refractivity contribution < 1.29 is 5.11 Å². The largest absolute Gasteiger partial charge is 0.507 e. The first-order valence-electron chi connectivity index (χ1n) is 7.04. The number of rotatable bonds is 4. The predicted octanol–water partition coefficient (Wildman–Crippen LogP) is 4.70. The van der Waals surface area contributed by atoms with Crippen LogP contribution in [0.1, 0.15) is 68.1 Å². The van der Waals surface area contributed by atoms with Gasteiger partial charge in [-0.15, -0.1) is 0 Å². The Morgan fingerprint density at radius 2 is 1.94 bits per heavy atom. The average molecular weight is 232 g/mol. The summed E-state index contributed by atoms with van der Waals surface area (Å²) in [6.07, 6.45) is 8.52. The molecule has 0 heterocycles. The maximum Gasteiger partial charge on any atom is 0.122 e. The van der Waals surface area contributed by atoms with E-state index in [-0.39, 0.29) is 0 Å². The number of unbranched alkanes of at least 4 members (excludes halogenated alkanes) is 1. The minimum atomic E-state index is 0.593. The van der Waals surface area contributed by atoms with Crippen molar-refractivity contribution in [1.29, 1.82) is 0 Å². The Hall–Kier alpha value is -0.980. The Morgan fingerprint density at radius 3 is 2.59 bits per heavy atom. The maximum atomic E-state index is 10.4. The molecule has 1 aromatic rings. The number of benzene rings is 1. The fourth-order valence-corrected chi connectivity index (χ4v) is 2.99. The summed E-state index contributed by atoms with van der Waals surface area (Å²) in [7, 11) is 0. The highest BCUT2D eigenvalue weighted by molar-refractivity contribution is 5.45. The van der Waals surface area contributed by atoms with E-state index in [1.807, 2.05) is 0 Å². The molecule has 1 fully saturated rings. The van der Waals surface area contributed by atoms with E-state index < -0.39 is 0 Å². The summed E-state index contributed by atoms with van der Waals surface area (Å²) in [5, 5.41) is 10.4. The van der Waals surface area contributed by atoms with Crippen LogP contribution >= 0.6 is 0 Å². The fourth-order valence-electron chi connectivity index (χ4n) is 2.99. The van der Waals surface area contributed by atoms with Crippen LogP contribution in [-0.4, -0.2) is 5.11 Å². The van der Waals surface area contributed by atoms with Crippen LogP contribution in [0.5, 0.6) is 5.75 Å². The third-order valence-corrected chi connectivity index (χ3v) is 3.96. The molecule has 1 aliphatic carbocycles. The first kappa shape index (κ1) is 12.5. The molecular weight excluding hydrogens is 208 g/mol. The van der Waals surface area contributed by atoms with Crippen LogP contribution in [0.3, 0.4) is 0 Å². The van der Waals surface area contributed by atoms with Gasteiger partial charge in [-0.3, -0.25) is 0 Å². The van der Waals surface area contributed by atoms with Crippen molar-refractivity contribution in [3.63, 3.8) is 0 Å². The van der Waals surface area contributed by atoms with Crippen LogP contribution in [0, 0.1) is 6.92 Å². The number of aromatic hydroxyl groups is 1. The summed E-state index contributed by atoms with van der Waals surface area (Å²) < 4.78 is 0. The molecule has 17 heavy (non-hydrogen) atoms. The molecule has 1 saturated carbocycles. The molecule has 0 aliphatic heterocycles. The third kappa shape index (κ3) is 2.83. The SMILES string of the molecule is CCCCc1cc(C)cc(C2CCCC2)c1O. The molecule has 0 saturated heterocycles. The van der Waals surface area contributed by atoms with Crippen LogP contribution in [0.15, 0.2) is 12.1 Å². The molecule has 1 heteroatoms. The number of phenolic OH excluding ortho intramolecular Hbond substituents is 1. The molecule has 0 unspecified atom stereocenters. The van der Waals surface area contributed by atoms with Gasteiger partial charge in [0, 0.05) is 0 Å². The fraction of sp³-hybridized carbons (Fsp3) is 0.625. The summed E-state index contributed by atoms with van der Waals surface area (Å²) in [4.78, 5) is 0. The predicted molar refractivity (Wildman–Crippen MR) is 72.7 cm³/mol. The molecule has 0 spiro atoms. The third-order valence-electron chi connectivity index (χ3n) is 3.96. The molecule has 1 nitrogen and oxygen atoms in total.